The highest BCUT2D eigenvalue weighted by Gasteiger charge is 2.42. The monoisotopic (exact) mass is 464 g/mol. The van der Waals surface area contributed by atoms with Crippen LogP contribution in [0.5, 0.6) is 0 Å². The Kier molecular flexibility index (Phi) is 3.55. The van der Waals surface area contributed by atoms with Crippen LogP contribution in [0.25, 0.3) is 55.9 Å². The lowest BCUT2D eigenvalue weighted by Gasteiger charge is -2.07. The maximum absolute atomic E-state index is 9.69. The zero-order chi connectivity index (χ0) is 24.6. The van der Waals surface area contributed by atoms with Crippen molar-refractivity contribution in [1.29, 1.82) is 21.0 Å². The zero-order valence-corrected chi connectivity index (χ0v) is 17.6. The van der Waals surface area contributed by atoms with Crippen molar-refractivity contribution in [2.24, 2.45) is 0 Å². The van der Waals surface area contributed by atoms with Gasteiger partial charge in [-0.25, -0.2) is 29.9 Å². The SMILES string of the molecule is N#CC(C#N)=C1c2nc3c(nc2-c2c1oc1ncncc21)C(=C(C#N)C#N)c1oc2ncncc2c1-3. The second-order valence-electron chi connectivity index (χ2n) is 7.66. The highest BCUT2D eigenvalue weighted by molar-refractivity contribution is 6.13. The van der Waals surface area contributed by atoms with Crippen molar-refractivity contribution < 1.29 is 8.83 Å². The van der Waals surface area contributed by atoms with Crippen LogP contribution in [0.3, 0.4) is 0 Å². The summed E-state index contributed by atoms with van der Waals surface area (Å²) in [5.41, 5.74) is 2.38. The van der Waals surface area contributed by atoms with Crippen molar-refractivity contribution in [2.75, 3.05) is 0 Å². The van der Waals surface area contributed by atoms with Crippen LogP contribution >= 0.6 is 0 Å². The Bertz CT molecular complexity index is 1920. The van der Waals surface area contributed by atoms with E-state index in [2.05, 4.69) is 19.9 Å². The third-order valence-electron chi connectivity index (χ3n) is 5.99. The molecule has 5 aromatic heterocycles. The molecule has 0 fully saturated rings. The number of fused-ring (bicyclic) bond motifs is 10. The van der Waals surface area contributed by atoms with Crippen molar-refractivity contribution >= 4 is 33.3 Å². The molecule has 2 aliphatic carbocycles. The van der Waals surface area contributed by atoms with Gasteiger partial charge in [0.2, 0.25) is 11.4 Å². The number of hydrogen-bond acceptors (Lipinski definition) is 12. The Labute approximate surface area is 199 Å². The Morgan fingerprint density at radius 2 is 1.03 bits per heavy atom. The first-order valence-electron chi connectivity index (χ1n) is 10.2. The van der Waals surface area contributed by atoms with E-state index in [-0.39, 0.29) is 56.6 Å². The van der Waals surface area contributed by atoms with Crippen LogP contribution in [0, 0.1) is 45.3 Å². The number of aromatic nitrogens is 6. The first-order valence-corrected chi connectivity index (χ1v) is 10.2. The average molecular weight is 464 g/mol. The number of allylic oxidation sites excluding steroid dienone is 2. The van der Waals surface area contributed by atoms with Crippen LogP contribution in [0.1, 0.15) is 22.9 Å². The fourth-order valence-corrected chi connectivity index (χ4v) is 4.59. The quantitative estimate of drug-likeness (QED) is 0.297. The largest absolute Gasteiger partial charge is 0.437 e. The van der Waals surface area contributed by atoms with E-state index in [4.69, 9.17) is 18.8 Å². The molecule has 0 N–H and O–H groups in total. The van der Waals surface area contributed by atoms with Gasteiger partial charge in [0.05, 0.1) is 33.0 Å². The summed E-state index contributed by atoms with van der Waals surface area (Å²) in [5, 5.41) is 39.8. The minimum atomic E-state index is -0.222. The Hall–Kier alpha value is -6.24. The summed E-state index contributed by atoms with van der Waals surface area (Å²) in [6.07, 6.45) is 5.69. The Morgan fingerprint density at radius 1 is 0.611 bits per heavy atom. The maximum atomic E-state index is 9.69. The molecule has 7 rings (SSSR count). The average Bonchev–Trinajstić information content (AvgIpc) is 3.62. The van der Waals surface area contributed by atoms with E-state index in [0.29, 0.717) is 33.3 Å². The number of furan rings is 2. The molecule has 36 heavy (non-hydrogen) atoms. The highest BCUT2D eigenvalue weighted by Crippen LogP contribution is 2.53. The van der Waals surface area contributed by atoms with Crippen molar-refractivity contribution in [2.45, 2.75) is 0 Å². The summed E-state index contributed by atoms with van der Waals surface area (Å²) in [6.45, 7) is 0. The normalized spacial score (nSPS) is 12.2. The van der Waals surface area contributed by atoms with Crippen LogP contribution in [0.2, 0.25) is 0 Å². The number of nitriles is 4. The zero-order valence-electron chi connectivity index (χ0n) is 17.6. The molecule has 0 spiro atoms. The molecule has 0 radical (unpaired) electrons. The molecule has 162 valence electrons. The fourth-order valence-electron chi connectivity index (χ4n) is 4.59. The molecule has 2 aliphatic rings. The lowest BCUT2D eigenvalue weighted by atomic mass is 10.1. The third-order valence-corrected chi connectivity index (χ3v) is 5.99. The predicted octanol–water partition coefficient (Wildman–Crippen LogP) is 3.21. The number of rotatable bonds is 0. The first kappa shape index (κ1) is 19.2. The summed E-state index contributed by atoms with van der Waals surface area (Å²) >= 11 is 0. The summed E-state index contributed by atoms with van der Waals surface area (Å²) < 4.78 is 11.8. The molecular weight excluding hydrogens is 460 g/mol. The molecule has 12 nitrogen and oxygen atoms in total. The van der Waals surface area contributed by atoms with Gasteiger partial charge in [-0.05, 0) is 0 Å². The molecule has 0 amide bonds. The van der Waals surface area contributed by atoms with Crippen molar-refractivity contribution in [3.05, 3.63) is 59.1 Å². The van der Waals surface area contributed by atoms with Crippen LogP contribution in [0.4, 0.5) is 0 Å². The van der Waals surface area contributed by atoms with Gasteiger partial charge in [-0.2, -0.15) is 21.0 Å². The predicted molar refractivity (Wildman–Crippen MR) is 118 cm³/mol. The third kappa shape index (κ3) is 2.17. The second-order valence-corrected chi connectivity index (χ2v) is 7.66. The van der Waals surface area contributed by atoms with E-state index in [1.54, 1.807) is 0 Å². The van der Waals surface area contributed by atoms with Gasteiger partial charge in [-0.1, -0.05) is 0 Å². The molecule has 0 saturated carbocycles. The van der Waals surface area contributed by atoms with Crippen molar-refractivity contribution in [3.8, 4) is 46.8 Å². The summed E-state index contributed by atoms with van der Waals surface area (Å²) in [4.78, 5) is 26.0. The molecule has 12 heteroatoms. The van der Waals surface area contributed by atoms with Gasteiger partial charge in [0.1, 0.15) is 70.9 Å². The minimum Gasteiger partial charge on any atom is -0.437 e. The molecule has 0 unspecified atom stereocenters. The van der Waals surface area contributed by atoms with Gasteiger partial charge in [0, 0.05) is 12.4 Å². The van der Waals surface area contributed by atoms with Crippen molar-refractivity contribution in [1.82, 2.24) is 29.9 Å². The summed E-state index contributed by atoms with van der Waals surface area (Å²) in [6, 6.07) is 7.59. The van der Waals surface area contributed by atoms with Gasteiger partial charge in [-0.15, -0.1) is 0 Å². The standard InChI is InChI=1S/C24H4N10O2/c25-1-9(2-26)13-17-19(15-11-5-29-7-31-23(11)35-21(13)15)34-18-14(10(3-27)4-28)22-16(20(18)33-17)12-6-30-8-32-24(12)36-22/h5-8H. The number of hydrogen-bond donors (Lipinski definition) is 0. The van der Waals surface area contributed by atoms with E-state index in [1.165, 1.54) is 25.0 Å². The second kappa shape index (κ2) is 6.64. The van der Waals surface area contributed by atoms with E-state index < -0.39 is 0 Å². The lowest BCUT2D eigenvalue weighted by molar-refractivity contribution is 0.590. The van der Waals surface area contributed by atoms with Crippen LogP contribution in [-0.2, 0) is 0 Å². The van der Waals surface area contributed by atoms with Gasteiger partial charge in [-0.3, -0.25) is 0 Å². The smallest absolute Gasteiger partial charge is 0.230 e. The summed E-state index contributed by atoms with van der Waals surface area (Å²) in [7, 11) is 0. The fraction of sp³-hybridized carbons (Fsp3) is 0. The molecule has 5 aromatic rings. The van der Waals surface area contributed by atoms with E-state index in [0.717, 1.165) is 0 Å². The Balaban J connectivity index is 1.67. The molecule has 5 heterocycles. The van der Waals surface area contributed by atoms with Crippen LogP contribution in [-0.4, -0.2) is 29.9 Å². The number of nitrogens with zero attached hydrogens (tertiary/aromatic N) is 10. The first-order chi connectivity index (χ1) is 17.7. The Morgan fingerprint density at radius 3 is 1.42 bits per heavy atom. The van der Waals surface area contributed by atoms with Crippen molar-refractivity contribution in [3.63, 3.8) is 0 Å². The van der Waals surface area contributed by atoms with Gasteiger partial charge in [0.25, 0.3) is 0 Å². The van der Waals surface area contributed by atoms with E-state index in [9.17, 15) is 21.0 Å². The van der Waals surface area contributed by atoms with Crippen LogP contribution < -0.4 is 0 Å². The van der Waals surface area contributed by atoms with Gasteiger partial charge >= 0.3 is 0 Å². The van der Waals surface area contributed by atoms with Gasteiger partial charge < -0.3 is 8.83 Å². The minimum absolute atomic E-state index is 0.169. The van der Waals surface area contributed by atoms with E-state index >= 15 is 0 Å². The summed E-state index contributed by atoms with van der Waals surface area (Å²) in [5.74, 6) is 0.434. The molecule has 0 saturated heterocycles. The molecule has 0 aliphatic heterocycles. The lowest BCUT2D eigenvalue weighted by Crippen LogP contribution is -2.00. The molecular formula is C24H4N10O2. The van der Waals surface area contributed by atoms with E-state index in [1.807, 2.05) is 24.3 Å². The van der Waals surface area contributed by atoms with Gasteiger partial charge in [0.15, 0.2) is 11.5 Å². The molecule has 0 aromatic carbocycles. The molecule has 0 atom stereocenters. The maximum Gasteiger partial charge on any atom is 0.230 e. The highest BCUT2D eigenvalue weighted by atomic mass is 16.3. The topological polar surface area (TPSA) is 199 Å². The molecule has 0 bridgehead atoms. The van der Waals surface area contributed by atoms with Crippen LogP contribution in [0.15, 0.2) is 45.0 Å².